The first-order chi connectivity index (χ1) is 21.5. The minimum atomic E-state index is -0.420. The number of para-hydroxylation sites is 1. The van der Waals surface area contributed by atoms with Gasteiger partial charge in [0.05, 0.1) is 12.1 Å². The zero-order chi connectivity index (χ0) is 31.0. The lowest BCUT2D eigenvalue weighted by molar-refractivity contribution is -0.118. The third kappa shape index (κ3) is 10.7. The van der Waals surface area contributed by atoms with Crippen LogP contribution in [0.1, 0.15) is 93.5 Å². The Morgan fingerprint density at radius 2 is 1.48 bits per heavy atom. The number of benzene rings is 3. The van der Waals surface area contributed by atoms with E-state index < -0.39 is 5.91 Å². The fraction of sp³-hybridized carbons (Fsp3) is 0.389. The van der Waals surface area contributed by atoms with Crippen LogP contribution in [0.2, 0.25) is 0 Å². The molecule has 1 aliphatic rings. The van der Waals surface area contributed by atoms with E-state index >= 15 is 0 Å². The molecule has 0 fully saturated rings. The van der Waals surface area contributed by atoms with Crippen LogP contribution >= 0.6 is 0 Å². The summed E-state index contributed by atoms with van der Waals surface area (Å²) >= 11 is 0. The van der Waals surface area contributed by atoms with Gasteiger partial charge in [0.2, 0.25) is 0 Å². The van der Waals surface area contributed by atoms with Crippen LogP contribution in [-0.2, 0) is 16.0 Å². The quantitative estimate of drug-likeness (QED) is 0.156. The lowest BCUT2D eigenvalue weighted by Gasteiger charge is -2.10. The second kappa shape index (κ2) is 17.6. The Labute approximate surface area is 260 Å². The molecular weight excluding hydrogens is 552 g/mol. The summed E-state index contributed by atoms with van der Waals surface area (Å²) in [6, 6.07) is 23.5. The molecule has 8 heteroatoms. The van der Waals surface area contributed by atoms with Crippen LogP contribution < -0.4 is 20.4 Å². The number of rotatable bonds is 17. The van der Waals surface area contributed by atoms with E-state index in [-0.39, 0.29) is 30.7 Å². The van der Waals surface area contributed by atoms with Crippen LogP contribution in [-0.4, -0.2) is 30.2 Å². The number of hydrogen-bond acceptors (Lipinski definition) is 5. The Bertz CT molecular complexity index is 1390. The van der Waals surface area contributed by atoms with Crippen molar-refractivity contribution in [1.82, 2.24) is 5.32 Å². The topological polar surface area (TPSA) is 100 Å². The molecule has 0 saturated heterocycles. The Balaban J connectivity index is 1.15. The van der Waals surface area contributed by atoms with Gasteiger partial charge in [0.25, 0.3) is 17.7 Å². The molecule has 0 unspecified atom stereocenters. The number of ether oxygens (including phenoxy) is 1. The molecule has 8 nitrogen and oxygen atoms in total. The monoisotopic (exact) mass is 596 g/mol. The number of unbranched alkanes of at least 4 members (excludes halogenated alkanes) is 9. The molecule has 1 heterocycles. The van der Waals surface area contributed by atoms with Gasteiger partial charge < -0.3 is 15.4 Å². The molecule has 0 aliphatic carbocycles. The van der Waals surface area contributed by atoms with Crippen molar-refractivity contribution in [2.45, 2.75) is 84.0 Å². The maximum absolute atomic E-state index is 12.8. The largest absolute Gasteiger partial charge is 0.484 e. The molecule has 3 aromatic carbocycles. The van der Waals surface area contributed by atoms with E-state index in [1.807, 2.05) is 30.3 Å². The van der Waals surface area contributed by atoms with E-state index in [1.54, 1.807) is 36.4 Å². The summed E-state index contributed by atoms with van der Waals surface area (Å²) in [4.78, 5) is 37.7. The molecule has 0 aromatic heterocycles. The number of hydrogen-bond donors (Lipinski definition) is 2. The third-order valence-electron chi connectivity index (χ3n) is 7.56. The van der Waals surface area contributed by atoms with Crippen molar-refractivity contribution in [3.05, 3.63) is 90.0 Å². The number of carbonyl (C=O) groups is 3. The van der Waals surface area contributed by atoms with E-state index in [0.29, 0.717) is 22.7 Å². The number of nitrogens with one attached hydrogen (secondary N) is 2. The Kier molecular flexibility index (Phi) is 13.0. The van der Waals surface area contributed by atoms with Crippen molar-refractivity contribution in [2.24, 2.45) is 5.10 Å². The van der Waals surface area contributed by atoms with Crippen LogP contribution in [0, 0.1) is 0 Å². The standard InChI is InChI=1S/C36H44N4O4/c1-2-3-4-5-6-7-8-9-10-12-16-28-21-23-32(24-22-28)44-27-34(41)37-30-18-15-17-29(25-30)36(43)38-33-26-35(42)40(39-33)31-19-13-11-14-20-31/h11,13-15,17-25H,2-10,12,16,26-27H2,1H3,(H,37,41)(H,38,39,43). The fourth-order valence-corrected chi connectivity index (χ4v) is 5.13. The van der Waals surface area contributed by atoms with Gasteiger partial charge in [0, 0.05) is 11.3 Å². The summed E-state index contributed by atoms with van der Waals surface area (Å²) < 4.78 is 5.68. The van der Waals surface area contributed by atoms with Gasteiger partial charge in [-0.05, 0) is 60.9 Å². The van der Waals surface area contributed by atoms with Crippen LogP contribution in [0.5, 0.6) is 5.75 Å². The fourth-order valence-electron chi connectivity index (χ4n) is 5.13. The molecule has 0 saturated carbocycles. The number of anilines is 2. The minimum Gasteiger partial charge on any atom is -0.484 e. The predicted octanol–water partition coefficient (Wildman–Crippen LogP) is 7.65. The second-order valence-corrected chi connectivity index (χ2v) is 11.2. The highest BCUT2D eigenvalue weighted by Gasteiger charge is 2.26. The van der Waals surface area contributed by atoms with Crippen LogP contribution in [0.25, 0.3) is 0 Å². The molecule has 0 spiro atoms. The molecule has 3 aromatic rings. The van der Waals surface area contributed by atoms with Crippen molar-refractivity contribution < 1.29 is 19.1 Å². The number of aryl methyl sites for hydroxylation is 1. The average molecular weight is 597 g/mol. The van der Waals surface area contributed by atoms with Crippen molar-refractivity contribution >= 4 is 34.9 Å². The number of nitrogens with zero attached hydrogens (tertiary/aromatic N) is 2. The van der Waals surface area contributed by atoms with E-state index in [4.69, 9.17) is 4.74 Å². The SMILES string of the molecule is CCCCCCCCCCCCc1ccc(OCC(=O)Nc2cccc(C(=O)NC3=NN(c4ccccc4)C(=O)C3)c2)cc1. The first-order valence-corrected chi connectivity index (χ1v) is 15.9. The Morgan fingerprint density at radius 3 is 2.18 bits per heavy atom. The predicted molar refractivity (Wildman–Crippen MR) is 176 cm³/mol. The molecule has 3 amide bonds. The van der Waals surface area contributed by atoms with Gasteiger partial charge in [-0.2, -0.15) is 10.1 Å². The first kappa shape index (κ1) is 32.5. The minimum absolute atomic E-state index is 0.00527. The second-order valence-electron chi connectivity index (χ2n) is 11.2. The molecule has 232 valence electrons. The van der Waals surface area contributed by atoms with E-state index in [1.165, 1.54) is 74.8 Å². The highest BCUT2D eigenvalue weighted by molar-refractivity contribution is 6.18. The maximum atomic E-state index is 12.8. The molecule has 0 radical (unpaired) electrons. The average Bonchev–Trinajstić information content (AvgIpc) is 3.41. The van der Waals surface area contributed by atoms with Crippen molar-refractivity contribution in [3.8, 4) is 5.75 Å². The van der Waals surface area contributed by atoms with Gasteiger partial charge in [-0.1, -0.05) is 101 Å². The van der Waals surface area contributed by atoms with Gasteiger partial charge in [0.15, 0.2) is 6.61 Å². The maximum Gasteiger partial charge on any atom is 0.262 e. The Morgan fingerprint density at radius 1 is 0.795 bits per heavy atom. The van der Waals surface area contributed by atoms with Gasteiger partial charge in [-0.25, -0.2) is 0 Å². The van der Waals surface area contributed by atoms with E-state index in [2.05, 4.69) is 34.8 Å². The third-order valence-corrected chi connectivity index (χ3v) is 7.56. The van der Waals surface area contributed by atoms with E-state index in [0.717, 1.165) is 6.42 Å². The molecule has 44 heavy (non-hydrogen) atoms. The summed E-state index contributed by atoms with van der Waals surface area (Å²) in [6.07, 6.45) is 14.3. The zero-order valence-electron chi connectivity index (χ0n) is 25.7. The molecule has 4 rings (SSSR count). The van der Waals surface area contributed by atoms with Gasteiger partial charge in [0.1, 0.15) is 11.6 Å². The number of hydrazone groups is 1. The summed E-state index contributed by atoms with van der Waals surface area (Å²) in [6.45, 7) is 2.11. The lowest BCUT2D eigenvalue weighted by Crippen LogP contribution is -2.29. The number of amides is 3. The number of carbonyl (C=O) groups excluding carboxylic acids is 3. The molecule has 1 aliphatic heterocycles. The normalized spacial score (nSPS) is 12.6. The van der Waals surface area contributed by atoms with Crippen molar-refractivity contribution in [3.63, 3.8) is 0 Å². The van der Waals surface area contributed by atoms with Crippen molar-refractivity contribution in [1.29, 1.82) is 0 Å². The van der Waals surface area contributed by atoms with Gasteiger partial charge >= 0.3 is 0 Å². The lowest BCUT2D eigenvalue weighted by atomic mass is 10.0. The van der Waals surface area contributed by atoms with E-state index in [9.17, 15) is 14.4 Å². The summed E-state index contributed by atoms with van der Waals surface area (Å²) in [5.74, 6) is -0.0769. The van der Waals surface area contributed by atoms with Crippen LogP contribution in [0.4, 0.5) is 11.4 Å². The van der Waals surface area contributed by atoms with Gasteiger partial charge in [-0.3, -0.25) is 14.4 Å². The summed E-state index contributed by atoms with van der Waals surface area (Å²) in [7, 11) is 0. The Hall–Kier alpha value is -4.46. The summed E-state index contributed by atoms with van der Waals surface area (Å²) in [5.41, 5.74) is 2.70. The zero-order valence-corrected chi connectivity index (χ0v) is 25.7. The first-order valence-electron chi connectivity index (χ1n) is 15.9. The number of amidine groups is 1. The smallest absolute Gasteiger partial charge is 0.262 e. The molecule has 0 bridgehead atoms. The molecule has 0 atom stereocenters. The van der Waals surface area contributed by atoms with Crippen LogP contribution in [0.15, 0.2) is 84.0 Å². The molecular formula is C36H44N4O4. The van der Waals surface area contributed by atoms with Crippen LogP contribution in [0.3, 0.4) is 0 Å². The summed E-state index contributed by atoms with van der Waals surface area (Å²) in [5, 5.41) is 11.0. The van der Waals surface area contributed by atoms with Crippen molar-refractivity contribution in [2.75, 3.05) is 16.9 Å². The molecule has 2 N–H and O–H groups in total. The van der Waals surface area contributed by atoms with Gasteiger partial charge in [-0.15, -0.1) is 0 Å². The highest BCUT2D eigenvalue weighted by atomic mass is 16.5. The highest BCUT2D eigenvalue weighted by Crippen LogP contribution is 2.20.